The summed E-state index contributed by atoms with van der Waals surface area (Å²) in [4.78, 5) is 34.5. The van der Waals surface area contributed by atoms with Crippen LogP contribution in [0.4, 0.5) is 0 Å². The van der Waals surface area contributed by atoms with Gasteiger partial charge in [-0.05, 0) is 18.9 Å². The van der Waals surface area contributed by atoms with E-state index in [2.05, 4.69) is 10.6 Å². The van der Waals surface area contributed by atoms with Gasteiger partial charge in [-0.25, -0.2) is 0 Å². The lowest BCUT2D eigenvalue weighted by Crippen LogP contribution is -2.33. The molecule has 0 aromatic heterocycles. The molecule has 0 bridgehead atoms. The maximum absolute atomic E-state index is 12.0. The van der Waals surface area contributed by atoms with Crippen molar-refractivity contribution in [3.8, 4) is 0 Å². The molecule has 0 saturated heterocycles. The highest BCUT2D eigenvalue weighted by molar-refractivity contribution is 5.79. The summed E-state index contributed by atoms with van der Waals surface area (Å²) in [6.45, 7) is 3.94. The molecule has 0 saturated carbocycles. The van der Waals surface area contributed by atoms with Crippen molar-refractivity contribution in [2.75, 3.05) is 13.2 Å². The van der Waals surface area contributed by atoms with Crippen LogP contribution in [-0.4, -0.2) is 30.9 Å². The number of hydrogen-bond donors (Lipinski definition) is 2. The predicted molar refractivity (Wildman–Crippen MR) is 86.5 cm³/mol. The summed E-state index contributed by atoms with van der Waals surface area (Å²) in [5, 5.41) is 5.53. The first-order valence-electron chi connectivity index (χ1n) is 7.77. The Labute approximate surface area is 136 Å². The van der Waals surface area contributed by atoms with Crippen LogP contribution in [0.1, 0.15) is 44.7 Å². The van der Waals surface area contributed by atoms with E-state index in [4.69, 9.17) is 4.74 Å². The van der Waals surface area contributed by atoms with Crippen molar-refractivity contribution in [1.29, 1.82) is 0 Å². The average molecular weight is 320 g/mol. The van der Waals surface area contributed by atoms with Gasteiger partial charge in [-0.1, -0.05) is 30.3 Å². The van der Waals surface area contributed by atoms with E-state index < -0.39 is 0 Å². The number of amides is 2. The van der Waals surface area contributed by atoms with E-state index in [1.807, 2.05) is 30.3 Å². The zero-order valence-electron chi connectivity index (χ0n) is 13.6. The van der Waals surface area contributed by atoms with Gasteiger partial charge in [0.15, 0.2) is 0 Å². The Bertz CT molecular complexity index is 517. The van der Waals surface area contributed by atoms with E-state index in [-0.39, 0.29) is 36.7 Å². The van der Waals surface area contributed by atoms with Crippen LogP contribution in [0, 0.1) is 0 Å². The molecule has 1 aromatic rings. The molecular weight excluding hydrogens is 296 g/mol. The van der Waals surface area contributed by atoms with Gasteiger partial charge in [-0.15, -0.1) is 0 Å². The minimum Gasteiger partial charge on any atom is -0.466 e. The Hall–Kier alpha value is -2.37. The van der Waals surface area contributed by atoms with Crippen LogP contribution in [0.3, 0.4) is 0 Å². The monoisotopic (exact) mass is 320 g/mol. The zero-order valence-corrected chi connectivity index (χ0v) is 13.6. The van der Waals surface area contributed by atoms with Gasteiger partial charge < -0.3 is 15.4 Å². The average Bonchev–Trinajstić information content (AvgIpc) is 2.52. The quantitative estimate of drug-likeness (QED) is 0.536. The lowest BCUT2D eigenvalue weighted by Gasteiger charge is -2.18. The van der Waals surface area contributed by atoms with E-state index in [1.54, 1.807) is 6.92 Å². The highest BCUT2D eigenvalue weighted by Gasteiger charge is 2.16. The van der Waals surface area contributed by atoms with E-state index >= 15 is 0 Å². The molecule has 0 heterocycles. The maximum Gasteiger partial charge on any atom is 0.305 e. The number of hydrogen-bond acceptors (Lipinski definition) is 4. The lowest BCUT2D eigenvalue weighted by atomic mass is 10.0. The fourth-order valence-electron chi connectivity index (χ4n) is 2.13. The topological polar surface area (TPSA) is 84.5 Å². The number of carbonyl (C=O) groups excluding carboxylic acids is 3. The number of esters is 1. The predicted octanol–water partition coefficient (Wildman–Crippen LogP) is 1.71. The summed E-state index contributed by atoms with van der Waals surface area (Å²) in [6.07, 6.45) is 0.964. The van der Waals surface area contributed by atoms with E-state index in [0.29, 0.717) is 19.6 Å². The summed E-state index contributed by atoms with van der Waals surface area (Å²) in [5.41, 5.74) is 0.879. The van der Waals surface area contributed by atoms with Gasteiger partial charge in [0.25, 0.3) is 0 Å². The Morgan fingerprint density at radius 1 is 1.17 bits per heavy atom. The molecule has 6 nitrogen and oxygen atoms in total. The standard InChI is InChI=1S/C17H24N2O4/c1-3-23-17(22)10-7-11-18-16(21)12-15(19-13(2)20)14-8-5-4-6-9-14/h4-6,8-9,15H,3,7,10-12H2,1-2H3,(H,18,21)(H,19,20). The van der Waals surface area contributed by atoms with Gasteiger partial charge in [0.1, 0.15) is 0 Å². The number of rotatable bonds is 9. The highest BCUT2D eigenvalue weighted by atomic mass is 16.5. The molecule has 2 N–H and O–H groups in total. The summed E-state index contributed by atoms with van der Waals surface area (Å²) in [6, 6.07) is 8.98. The Morgan fingerprint density at radius 3 is 2.48 bits per heavy atom. The van der Waals surface area contributed by atoms with Gasteiger partial charge in [0, 0.05) is 19.9 Å². The molecule has 0 aliphatic rings. The molecule has 2 amide bonds. The van der Waals surface area contributed by atoms with Crippen LogP contribution in [0.15, 0.2) is 30.3 Å². The van der Waals surface area contributed by atoms with Gasteiger partial charge in [0.05, 0.1) is 19.1 Å². The van der Waals surface area contributed by atoms with Gasteiger partial charge in [0.2, 0.25) is 11.8 Å². The molecule has 0 fully saturated rings. The van der Waals surface area contributed by atoms with Crippen molar-refractivity contribution in [2.24, 2.45) is 0 Å². The van der Waals surface area contributed by atoms with Crippen molar-refractivity contribution in [1.82, 2.24) is 10.6 Å². The summed E-state index contributed by atoms with van der Waals surface area (Å²) in [5.74, 6) is -0.618. The lowest BCUT2D eigenvalue weighted by molar-refractivity contribution is -0.143. The van der Waals surface area contributed by atoms with Gasteiger partial charge in [-0.3, -0.25) is 14.4 Å². The maximum atomic E-state index is 12.0. The van der Waals surface area contributed by atoms with Crippen molar-refractivity contribution >= 4 is 17.8 Å². The first-order valence-corrected chi connectivity index (χ1v) is 7.77. The van der Waals surface area contributed by atoms with Crippen LogP contribution in [-0.2, 0) is 19.1 Å². The first-order chi connectivity index (χ1) is 11.0. The molecule has 0 aliphatic heterocycles. The van der Waals surface area contributed by atoms with Crippen LogP contribution >= 0.6 is 0 Å². The van der Waals surface area contributed by atoms with Crippen molar-refractivity contribution < 1.29 is 19.1 Å². The number of carbonyl (C=O) groups is 3. The molecule has 1 unspecified atom stereocenters. The van der Waals surface area contributed by atoms with E-state index in [1.165, 1.54) is 6.92 Å². The first kappa shape index (κ1) is 18.7. The summed E-state index contributed by atoms with van der Waals surface area (Å²) >= 11 is 0. The smallest absolute Gasteiger partial charge is 0.305 e. The second kappa shape index (κ2) is 10.4. The number of benzene rings is 1. The molecule has 0 spiro atoms. The molecule has 1 aromatic carbocycles. The molecule has 0 aliphatic carbocycles. The molecule has 0 radical (unpaired) electrons. The molecule has 6 heteroatoms. The largest absolute Gasteiger partial charge is 0.466 e. The fraction of sp³-hybridized carbons (Fsp3) is 0.471. The van der Waals surface area contributed by atoms with Crippen LogP contribution < -0.4 is 10.6 Å². The summed E-state index contributed by atoms with van der Waals surface area (Å²) in [7, 11) is 0. The second-order valence-electron chi connectivity index (χ2n) is 5.13. The van der Waals surface area contributed by atoms with Gasteiger partial charge >= 0.3 is 5.97 Å². The summed E-state index contributed by atoms with van der Waals surface area (Å²) < 4.78 is 4.82. The van der Waals surface area contributed by atoms with E-state index in [9.17, 15) is 14.4 Å². The third-order valence-electron chi connectivity index (χ3n) is 3.15. The minimum absolute atomic E-state index is 0.156. The van der Waals surface area contributed by atoms with Crippen molar-refractivity contribution in [2.45, 2.75) is 39.2 Å². The second-order valence-corrected chi connectivity index (χ2v) is 5.13. The van der Waals surface area contributed by atoms with Crippen LogP contribution in [0.25, 0.3) is 0 Å². The molecular formula is C17H24N2O4. The molecule has 1 atom stereocenters. The third-order valence-corrected chi connectivity index (χ3v) is 3.15. The fourth-order valence-corrected chi connectivity index (χ4v) is 2.13. The Balaban J connectivity index is 2.42. The molecule has 1 rings (SSSR count). The number of ether oxygens (including phenoxy) is 1. The zero-order chi connectivity index (χ0) is 17.1. The minimum atomic E-state index is -0.362. The molecule has 126 valence electrons. The highest BCUT2D eigenvalue weighted by Crippen LogP contribution is 2.16. The van der Waals surface area contributed by atoms with Gasteiger partial charge in [-0.2, -0.15) is 0 Å². The van der Waals surface area contributed by atoms with Crippen LogP contribution in [0.5, 0.6) is 0 Å². The molecule has 23 heavy (non-hydrogen) atoms. The van der Waals surface area contributed by atoms with Crippen molar-refractivity contribution in [3.63, 3.8) is 0 Å². The van der Waals surface area contributed by atoms with Crippen molar-refractivity contribution in [3.05, 3.63) is 35.9 Å². The normalized spacial score (nSPS) is 11.4. The van der Waals surface area contributed by atoms with E-state index in [0.717, 1.165) is 5.56 Å². The Morgan fingerprint density at radius 2 is 1.87 bits per heavy atom. The number of nitrogens with one attached hydrogen (secondary N) is 2. The SMILES string of the molecule is CCOC(=O)CCCNC(=O)CC(NC(C)=O)c1ccccc1. The third kappa shape index (κ3) is 7.99. The Kier molecular flexibility index (Phi) is 8.42. The van der Waals surface area contributed by atoms with Crippen LogP contribution in [0.2, 0.25) is 0 Å².